The number of halogens is 2. The maximum atomic E-state index is 12.0. The van der Waals surface area contributed by atoms with Gasteiger partial charge in [-0.15, -0.1) is 24.8 Å². The summed E-state index contributed by atoms with van der Waals surface area (Å²) in [5, 5.41) is 3.00. The third-order valence-electron chi connectivity index (χ3n) is 3.77. The number of piperazine rings is 1. The number of nitrogens with one attached hydrogen (secondary N) is 1. The number of carbonyl (C=O) groups excluding carboxylic acids is 1. The Morgan fingerprint density at radius 1 is 1.22 bits per heavy atom. The van der Waals surface area contributed by atoms with E-state index in [1.165, 1.54) is 0 Å². The molecule has 3 rings (SSSR count). The molecule has 0 bridgehead atoms. The van der Waals surface area contributed by atoms with Crippen LogP contribution in [0.4, 0.5) is 6.01 Å². The lowest BCUT2D eigenvalue weighted by atomic mass is 10.3. The van der Waals surface area contributed by atoms with Gasteiger partial charge >= 0.3 is 0 Å². The first-order valence-corrected chi connectivity index (χ1v) is 7.31. The minimum Gasteiger partial charge on any atom is -0.423 e. The maximum Gasteiger partial charge on any atom is 0.298 e. The number of nitrogens with zero attached hydrogens (tertiary/aromatic N) is 3. The number of hydrogen-bond donors (Lipinski definition) is 1. The smallest absolute Gasteiger partial charge is 0.298 e. The summed E-state index contributed by atoms with van der Waals surface area (Å²) >= 11 is 0. The first-order valence-electron chi connectivity index (χ1n) is 7.31. The minimum absolute atomic E-state index is 0. The van der Waals surface area contributed by atoms with Crippen LogP contribution in [-0.4, -0.2) is 55.6 Å². The van der Waals surface area contributed by atoms with Crippen molar-refractivity contribution in [3.8, 4) is 0 Å². The van der Waals surface area contributed by atoms with Crippen molar-refractivity contribution in [2.75, 3.05) is 44.7 Å². The number of para-hydroxylation sites is 2. The van der Waals surface area contributed by atoms with Crippen LogP contribution >= 0.6 is 24.8 Å². The van der Waals surface area contributed by atoms with Crippen LogP contribution < -0.4 is 10.2 Å². The number of amides is 1. The Morgan fingerprint density at radius 3 is 2.57 bits per heavy atom. The lowest BCUT2D eigenvalue weighted by Gasteiger charge is -2.33. The molecular formula is C15H22Cl2N4O2. The Labute approximate surface area is 148 Å². The molecule has 2 aromatic rings. The second kappa shape index (κ2) is 8.96. The van der Waals surface area contributed by atoms with Gasteiger partial charge in [-0.3, -0.25) is 4.79 Å². The fourth-order valence-electron chi connectivity index (χ4n) is 2.53. The van der Waals surface area contributed by atoms with Crippen molar-refractivity contribution in [3.05, 3.63) is 24.3 Å². The van der Waals surface area contributed by atoms with E-state index in [1.807, 2.05) is 36.2 Å². The highest BCUT2D eigenvalue weighted by Gasteiger charge is 2.23. The van der Waals surface area contributed by atoms with Gasteiger partial charge in [0, 0.05) is 39.1 Å². The van der Waals surface area contributed by atoms with E-state index in [-0.39, 0.29) is 30.7 Å². The maximum absolute atomic E-state index is 12.0. The summed E-state index contributed by atoms with van der Waals surface area (Å²) in [5.74, 6) is 0.210. The monoisotopic (exact) mass is 360 g/mol. The molecule has 1 N–H and O–H groups in total. The zero-order valence-electron chi connectivity index (χ0n) is 13.0. The van der Waals surface area contributed by atoms with Crippen LogP contribution in [0.1, 0.15) is 6.42 Å². The van der Waals surface area contributed by atoms with Crippen LogP contribution in [0.2, 0.25) is 0 Å². The van der Waals surface area contributed by atoms with Crippen LogP contribution in [0, 0.1) is 0 Å². The SMILES string of the molecule is CNCCC(=O)N1CCN(c2nc3ccccc3o2)CC1.Cl.Cl. The highest BCUT2D eigenvalue weighted by Crippen LogP contribution is 2.22. The van der Waals surface area contributed by atoms with Gasteiger partial charge in [0.05, 0.1) is 0 Å². The normalized spacial score (nSPS) is 14.3. The van der Waals surface area contributed by atoms with E-state index in [2.05, 4.69) is 15.2 Å². The zero-order chi connectivity index (χ0) is 14.7. The number of benzene rings is 1. The topological polar surface area (TPSA) is 61.6 Å². The van der Waals surface area contributed by atoms with Crippen LogP contribution in [0.15, 0.2) is 28.7 Å². The predicted octanol–water partition coefficient (Wildman–Crippen LogP) is 1.93. The van der Waals surface area contributed by atoms with Crippen molar-refractivity contribution in [3.63, 3.8) is 0 Å². The largest absolute Gasteiger partial charge is 0.423 e. The Bertz CT molecular complexity index is 594. The molecule has 1 amide bonds. The lowest BCUT2D eigenvalue weighted by Crippen LogP contribution is -2.49. The fraction of sp³-hybridized carbons (Fsp3) is 0.467. The number of anilines is 1. The minimum atomic E-state index is 0. The molecule has 1 saturated heterocycles. The fourth-order valence-corrected chi connectivity index (χ4v) is 2.53. The zero-order valence-corrected chi connectivity index (χ0v) is 14.7. The number of aromatic nitrogens is 1. The molecule has 0 atom stereocenters. The second-order valence-electron chi connectivity index (χ2n) is 5.19. The first-order chi connectivity index (χ1) is 10.3. The number of carbonyl (C=O) groups is 1. The second-order valence-corrected chi connectivity index (χ2v) is 5.19. The van der Waals surface area contributed by atoms with E-state index in [1.54, 1.807) is 0 Å². The molecule has 1 aliphatic rings. The van der Waals surface area contributed by atoms with Crippen LogP contribution in [0.25, 0.3) is 11.1 Å². The average molecular weight is 361 g/mol. The molecular weight excluding hydrogens is 339 g/mol. The third kappa shape index (κ3) is 4.50. The Kier molecular flexibility index (Phi) is 7.61. The third-order valence-corrected chi connectivity index (χ3v) is 3.77. The van der Waals surface area contributed by atoms with E-state index in [4.69, 9.17) is 4.42 Å². The number of rotatable bonds is 4. The van der Waals surface area contributed by atoms with Gasteiger partial charge in [-0.2, -0.15) is 4.98 Å². The van der Waals surface area contributed by atoms with E-state index < -0.39 is 0 Å². The molecule has 0 radical (unpaired) electrons. The van der Waals surface area contributed by atoms with Crippen molar-refractivity contribution >= 4 is 47.8 Å². The summed E-state index contributed by atoms with van der Waals surface area (Å²) in [5.41, 5.74) is 1.68. The highest BCUT2D eigenvalue weighted by molar-refractivity contribution is 5.85. The van der Waals surface area contributed by atoms with Crippen molar-refractivity contribution in [1.82, 2.24) is 15.2 Å². The van der Waals surface area contributed by atoms with Gasteiger partial charge in [-0.25, -0.2) is 0 Å². The van der Waals surface area contributed by atoms with E-state index >= 15 is 0 Å². The molecule has 0 unspecified atom stereocenters. The van der Waals surface area contributed by atoms with Crippen molar-refractivity contribution in [2.24, 2.45) is 0 Å². The molecule has 23 heavy (non-hydrogen) atoms. The van der Waals surface area contributed by atoms with Gasteiger partial charge in [0.15, 0.2) is 5.58 Å². The number of hydrogen-bond acceptors (Lipinski definition) is 5. The summed E-state index contributed by atoms with van der Waals surface area (Å²) in [6.45, 7) is 3.70. The van der Waals surface area contributed by atoms with Crippen LogP contribution in [-0.2, 0) is 4.79 Å². The first kappa shape index (κ1) is 19.5. The molecule has 1 fully saturated rings. The molecule has 8 heteroatoms. The summed E-state index contributed by atoms with van der Waals surface area (Å²) in [4.78, 5) is 20.5. The highest BCUT2D eigenvalue weighted by atomic mass is 35.5. The molecule has 0 spiro atoms. The van der Waals surface area contributed by atoms with Gasteiger partial charge < -0.3 is 19.5 Å². The van der Waals surface area contributed by atoms with Gasteiger partial charge in [0.1, 0.15) is 5.52 Å². The quantitative estimate of drug-likeness (QED) is 0.902. The summed E-state index contributed by atoms with van der Waals surface area (Å²) in [6.07, 6.45) is 0.555. The molecule has 1 aromatic carbocycles. The molecule has 1 aliphatic heterocycles. The molecule has 1 aromatic heterocycles. The molecule has 0 aliphatic carbocycles. The Hall–Kier alpha value is -1.50. The van der Waals surface area contributed by atoms with Crippen molar-refractivity contribution in [1.29, 1.82) is 0 Å². The van der Waals surface area contributed by atoms with E-state index in [0.29, 0.717) is 12.4 Å². The van der Waals surface area contributed by atoms with E-state index in [9.17, 15) is 4.79 Å². The summed E-state index contributed by atoms with van der Waals surface area (Å²) < 4.78 is 5.77. The molecule has 2 heterocycles. The van der Waals surface area contributed by atoms with Gasteiger partial charge in [0.2, 0.25) is 5.91 Å². The van der Waals surface area contributed by atoms with Gasteiger partial charge in [-0.05, 0) is 19.2 Å². The number of fused-ring (bicyclic) bond motifs is 1. The Morgan fingerprint density at radius 2 is 1.91 bits per heavy atom. The van der Waals surface area contributed by atoms with Gasteiger partial charge in [-0.1, -0.05) is 12.1 Å². The van der Waals surface area contributed by atoms with E-state index in [0.717, 1.165) is 43.8 Å². The Balaban J connectivity index is 0.00000132. The lowest BCUT2D eigenvalue weighted by molar-refractivity contribution is -0.131. The molecule has 128 valence electrons. The predicted molar refractivity (Wildman–Crippen MR) is 95.8 cm³/mol. The molecule has 0 saturated carbocycles. The summed E-state index contributed by atoms with van der Waals surface area (Å²) in [7, 11) is 1.86. The van der Waals surface area contributed by atoms with Crippen molar-refractivity contribution in [2.45, 2.75) is 6.42 Å². The average Bonchev–Trinajstić information content (AvgIpc) is 2.96. The van der Waals surface area contributed by atoms with Crippen LogP contribution in [0.5, 0.6) is 0 Å². The van der Waals surface area contributed by atoms with Crippen molar-refractivity contribution < 1.29 is 9.21 Å². The summed E-state index contributed by atoms with van der Waals surface area (Å²) in [6, 6.07) is 8.41. The molecule has 6 nitrogen and oxygen atoms in total. The number of oxazole rings is 1. The van der Waals surface area contributed by atoms with Crippen LogP contribution in [0.3, 0.4) is 0 Å². The van der Waals surface area contributed by atoms with Gasteiger partial charge in [0.25, 0.3) is 6.01 Å². The standard InChI is InChI=1S/C15H20N4O2.2ClH/c1-16-7-6-14(20)18-8-10-19(11-9-18)15-17-12-4-2-3-5-13(12)21-15;;/h2-5,16H,6-11H2,1H3;2*1H.